The van der Waals surface area contributed by atoms with Crippen molar-refractivity contribution in [1.82, 2.24) is 9.97 Å². The summed E-state index contributed by atoms with van der Waals surface area (Å²) in [6.45, 7) is 3.62. The molecule has 0 bridgehead atoms. The lowest BCUT2D eigenvalue weighted by atomic mass is 10.0. The minimum absolute atomic E-state index is 0.321. The van der Waals surface area contributed by atoms with E-state index in [4.69, 9.17) is 10.5 Å². The lowest BCUT2D eigenvalue weighted by Gasteiger charge is -2.35. The Morgan fingerprint density at radius 3 is 3.00 bits per heavy atom. The number of nitrogens with two attached hydrogens (primary N) is 1. The highest BCUT2D eigenvalue weighted by molar-refractivity contribution is 5.84. The van der Waals surface area contributed by atoms with Crippen molar-refractivity contribution in [1.29, 1.82) is 0 Å². The minimum atomic E-state index is -0.332. The zero-order chi connectivity index (χ0) is 15.2. The predicted octanol–water partition coefficient (Wildman–Crippen LogP) is 1.15. The molecule has 3 N–H and O–H groups in total. The molecule has 2 heterocycles. The number of amides is 1. The molecule has 0 radical (unpaired) electrons. The Kier molecular flexibility index (Phi) is 5.19. The quantitative estimate of drug-likeness (QED) is 0.817. The van der Waals surface area contributed by atoms with Gasteiger partial charge in [-0.3, -0.25) is 4.79 Å². The van der Waals surface area contributed by atoms with Crippen LogP contribution in [0, 0.1) is 0 Å². The van der Waals surface area contributed by atoms with Gasteiger partial charge in [0.2, 0.25) is 11.7 Å². The third-order valence-electron chi connectivity index (χ3n) is 3.63. The van der Waals surface area contributed by atoms with E-state index >= 15 is 0 Å². The molecule has 0 saturated carbocycles. The highest BCUT2D eigenvalue weighted by Crippen LogP contribution is 2.35. The fourth-order valence-corrected chi connectivity index (χ4v) is 2.61. The minimum Gasteiger partial charge on any atom is -0.490 e. The van der Waals surface area contributed by atoms with E-state index in [-0.39, 0.29) is 11.9 Å². The lowest BCUT2D eigenvalue weighted by molar-refractivity contribution is -0.119. The van der Waals surface area contributed by atoms with Gasteiger partial charge in [-0.1, -0.05) is 6.92 Å². The summed E-state index contributed by atoms with van der Waals surface area (Å²) in [5, 5.41) is 3.22. The predicted molar refractivity (Wildman–Crippen MR) is 81.5 cm³/mol. The van der Waals surface area contributed by atoms with Gasteiger partial charge in [0.15, 0.2) is 11.6 Å². The number of nitrogens with one attached hydrogen (secondary N) is 1. The van der Waals surface area contributed by atoms with E-state index in [1.807, 2.05) is 4.90 Å². The Labute approximate surface area is 124 Å². The second-order valence-corrected chi connectivity index (χ2v) is 5.11. The number of methoxy groups -OCH3 is 1. The molecule has 1 fully saturated rings. The van der Waals surface area contributed by atoms with Crippen LogP contribution >= 0.6 is 0 Å². The van der Waals surface area contributed by atoms with Crippen molar-refractivity contribution in [2.45, 2.75) is 38.6 Å². The molecule has 2 rings (SSSR count). The van der Waals surface area contributed by atoms with Crippen LogP contribution in [0.1, 0.15) is 32.6 Å². The van der Waals surface area contributed by atoms with Crippen LogP contribution in [0.15, 0.2) is 6.33 Å². The van der Waals surface area contributed by atoms with Crippen molar-refractivity contribution < 1.29 is 9.53 Å². The second kappa shape index (κ2) is 7.10. The number of piperidine rings is 1. The van der Waals surface area contributed by atoms with Gasteiger partial charge in [0.05, 0.1) is 7.11 Å². The topological polar surface area (TPSA) is 93.4 Å². The molecule has 0 aromatic carbocycles. The van der Waals surface area contributed by atoms with Gasteiger partial charge in [-0.15, -0.1) is 0 Å². The monoisotopic (exact) mass is 293 g/mol. The molecule has 7 nitrogen and oxygen atoms in total. The van der Waals surface area contributed by atoms with E-state index in [9.17, 15) is 4.79 Å². The number of hydrogen-bond donors (Lipinski definition) is 2. The van der Waals surface area contributed by atoms with Crippen LogP contribution in [0.2, 0.25) is 0 Å². The molecule has 7 heteroatoms. The van der Waals surface area contributed by atoms with Crippen LogP contribution in [-0.2, 0) is 4.79 Å². The number of hydrogen-bond acceptors (Lipinski definition) is 6. The third-order valence-corrected chi connectivity index (χ3v) is 3.63. The molecule has 1 saturated heterocycles. The molecule has 1 atom stereocenters. The number of primary amides is 1. The number of rotatable bonds is 6. The number of nitrogens with zero attached hydrogens (tertiary/aromatic N) is 3. The first-order chi connectivity index (χ1) is 10.2. The van der Waals surface area contributed by atoms with Crippen LogP contribution in [-0.4, -0.2) is 42.1 Å². The van der Waals surface area contributed by atoms with E-state index in [1.165, 1.54) is 6.33 Å². The molecule has 0 aliphatic carbocycles. The molecule has 0 spiro atoms. The smallest absolute Gasteiger partial charge is 0.240 e. The van der Waals surface area contributed by atoms with Gasteiger partial charge in [-0.2, -0.15) is 0 Å². The Hall–Kier alpha value is -2.05. The Balaban J connectivity index is 2.34. The van der Waals surface area contributed by atoms with Gasteiger partial charge in [0, 0.05) is 13.1 Å². The number of ether oxygens (including phenoxy) is 1. The molecule has 1 aliphatic heterocycles. The highest BCUT2D eigenvalue weighted by Gasteiger charge is 2.30. The SMILES string of the molecule is CCCNc1ncnc(N2CCCCC2C(N)=O)c1OC. The molecular formula is C14H23N5O2. The van der Waals surface area contributed by atoms with E-state index in [2.05, 4.69) is 22.2 Å². The average Bonchev–Trinajstić information content (AvgIpc) is 2.52. The first-order valence-electron chi connectivity index (χ1n) is 7.37. The van der Waals surface area contributed by atoms with Gasteiger partial charge in [0.1, 0.15) is 12.4 Å². The highest BCUT2D eigenvalue weighted by atomic mass is 16.5. The number of carbonyl (C=O) groups excluding carboxylic acids is 1. The van der Waals surface area contributed by atoms with E-state index in [1.54, 1.807) is 7.11 Å². The standard InChI is InChI=1S/C14H23N5O2/c1-3-7-16-13-11(21-2)14(18-9-17-13)19-8-5-4-6-10(19)12(15)20/h9-10H,3-8H2,1-2H3,(H2,15,20)(H,16,17,18). The Bertz CT molecular complexity index is 494. The second-order valence-electron chi connectivity index (χ2n) is 5.11. The van der Waals surface area contributed by atoms with E-state index in [0.717, 1.165) is 38.8 Å². The summed E-state index contributed by atoms with van der Waals surface area (Å²) in [6, 6.07) is -0.332. The zero-order valence-corrected chi connectivity index (χ0v) is 12.6. The first-order valence-corrected chi connectivity index (χ1v) is 7.37. The maximum absolute atomic E-state index is 11.7. The molecule has 1 amide bonds. The van der Waals surface area contributed by atoms with Crippen molar-refractivity contribution in [3.8, 4) is 5.75 Å². The largest absolute Gasteiger partial charge is 0.490 e. The van der Waals surface area contributed by atoms with Crippen molar-refractivity contribution >= 4 is 17.5 Å². The van der Waals surface area contributed by atoms with Gasteiger partial charge in [0.25, 0.3) is 0 Å². The molecule has 116 valence electrons. The maximum Gasteiger partial charge on any atom is 0.240 e. The summed E-state index contributed by atoms with van der Waals surface area (Å²) in [4.78, 5) is 22.1. The number of anilines is 2. The number of aromatic nitrogens is 2. The Morgan fingerprint density at radius 1 is 1.52 bits per heavy atom. The summed E-state index contributed by atoms with van der Waals surface area (Å²) in [5.41, 5.74) is 5.52. The van der Waals surface area contributed by atoms with Crippen LogP contribution in [0.25, 0.3) is 0 Å². The summed E-state index contributed by atoms with van der Waals surface area (Å²) < 4.78 is 5.47. The van der Waals surface area contributed by atoms with Crippen molar-refractivity contribution in [2.75, 3.05) is 30.4 Å². The number of carbonyl (C=O) groups is 1. The molecule has 21 heavy (non-hydrogen) atoms. The summed E-state index contributed by atoms with van der Waals surface area (Å²) in [6.07, 6.45) is 5.23. The fourth-order valence-electron chi connectivity index (χ4n) is 2.61. The van der Waals surface area contributed by atoms with Crippen LogP contribution in [0.4, 0.5) is 11.6 Å². The van der Waals surface area contributed by atoms with Crippen molar-refractivity contribution in [3.63, 3.8) is 0 Å². The Morgan fingerprint density at radius 2 is 2.33 bits per heavy atom. The van der Waals surface area contributed by atoms with Gasteiger partial charge in [-0.25, -0.2) is 9.97 Å². The van der Waals surface area contributed by atoms with Crippen molar-refractivity contribution in [2.24, 2.45) is 5.73 Å². The molecule has 1 unspecified atom stereocenters. The molecular weight excluding hydrogens is 270 g/mol. The lowest BCUT2D eigenvalue weighted by Crippen LogP contribution is -2.48. The van der Waals surface area contributed by atoms with Gasteiger partial charge < -0.3 is 20.7 Å². The molecule has 1 aromatic rings. The normalized spacial score (nSPS) is 18.4. The zero-order valence-electron chi connectivity index (χ0n) is 12.6. The van der Waals surface area contributed by atoms with Gasteiger partial charge >= 0.3 is 0 Å². The van der Waals surface area contributed by atoms with Crippen LogP contribution < -0.4 is 20.7 Å². The fraction of sp³-hybridized carbons (Fsp3) is 0.643. The summed E-state index contributed by atoms with van der Waals surface area (Å²) >= 11 is 0. The maximum atomic E-state index is 11.7. The molecule has 1 aliphatic rings. The first kappa shape index (κ1) is 15.3. The van der Waals surface area contributed by atoms with Gasteiger partial charge in [-0.05, 0) is 25.7 Å². The van der Waals surface area contributed by atoms with E-state index < -0.39 is 0 Å². The summed E-state index contributed by atoms with van der Waals surface area (Å²) in [7, 11) is 1.59. The average molecular weight is 293 g/mol. The third kappa shape index (κ3) is 3.34. The van der Waals surface area contributed by atoms with Crippen molar-refractivity contribution in [3.05, 3.63) is 6.33 Å². The summed E-state index contributed by atoms with van der Waals surface area (Å²) in [5.74, 6) is 1.53. The van der Waals surface area contributed by atoms with Crippen LogP contribution in [0.3, 0.4) is 0 Å². The van der Waals surface area contributed by atoms with E-state index in [0.29, 0.717) is 17.4 Å². The molecule has 1 aromatic heterocycles. The van der Waals surface area contributed by atoms with Crippen LogP contribution in [0.5, 0.6) is 5.75 Å².